The highest BCUT2D eigenvalue weighted by Gasteiger charge is 2.41. The number of hydrogen-bond acceptors (Lipinski definition) is 4. The molecule has 0 aromatic rings. The molecule has 0 spiro atoms. The van der Waals surface area contributed by atoms with Crippen LogP contribution in [-0.2, 0) is 19.2 Å². The molecule has 0 rings (SSSR count). The zero-order valence-corrected chi connectivity index (χ0v) is 11.2. The van der Waals surface area contributed by atoms with Gasteiger partial charge in [0.05, 0.1) is 30.8 Å². The molecule has 21 heavy (non-hydrogen) atoms. The summed E-state index contributed by atoms with van der Waals surface area (Å²) >= 11 is 0. The van der Waals surface area contributed by atoms with Crippen molar-refractivity contribution >= 4 is 23.9 Å². The van der Waals surface area contributed by atoms with E-state index in [0.717, 1.165) is 6.92 Å². The summed E-state index contributed by atoms with van der Waals surface area (Å²) in [5, 5.41) is 35.5. The first-order chi connectivity index (χ1) is 9.56. The number of alkyl halides is 1. The molecule has 0 aliphatic rings. The average molecular weight is 308 g/mol. The van der Waals surface area contributed by atoms with Gasteiger partial charge in [0.15, 0.2) is 0 Å². The average Bonchev–Trinajstić information content (AvgIpc) is 2.29. The fourth-order valence-corrected chi connectivity index (χ4v) is 2.20. The molecule has 0 heterocycles. The highest BCUT2D eigenvalue weighted by atomic mass is 19.1. The SMILES string of the molecule is CC(F)CC(C(CC(=O)O)C(=O)O)C(CC(=O)O)C(=O)O. The highest BCUT2D eigenvalue weighted by molar-refractivity contribution is 5.81. The monoisotopic (exact) mass is 308 g/mol. The van der Waals surface area contributed by atoms with Gasteiger partial charge in [0.25, 0.3) is 0 Å². The van der Waals surface area contributed by atoms with Crippen molar-refractivity contribution in [1.82, 2.24) is 0 Å². The van der Waals surface area contributed by atoms with Crippen LogP contribution in [0.4, 0.5) is 4.39 Å². The van der Waals surface area contributed by atoms with Crippen LogP contribution >= 0.6 is 0 Å². The second-order valence-electron chi connectivity index (χ2n) is 4.77. The van der Waals surface area contributed by atoms with E-state index in [1.54, 1.807) is 0 Å². The molecule has 0 bridgehead atoms. The Balaban J connectivity index is 5.55. The number of rotatable bonds is 10. The zero-order chi connectivity index (χ0) is 16.7. The fourth-order valence-electron chi connectivity index (χ4n) is 2.20. The molecule has 3 atom stereocenters. The van der Waals surface area contributed by atoms with Gasteiger partial charge in [-0.2, -0.15) is 0 Å². The molecule has 0 saturated heterocycles. The summed E-state index contributed by atoms with van der Waals surface area (Å²) in [6, 6.07) is 0. The van der Waals surface area contributed by atoms with Crippen molar-refractivity contribution in [3.05, 3.63) is 0 Å². The van der Waals surface area contributed by atoms with Crippen molar-refractivity contribution in [1.29, 1.82) is 0 Å². The molecule has 0 fully saturated rings. The largest absolute Gasteiger partial charge is 0.481 e. The number of aliphatic carboxylic acids is 4. The highest BCUT2D eigenvalue weighted by Crippen LogP contribution is 2.32. The van der Waals surface area contributed by atoms with Crippen LogP contribution in [0.3, 0.4) is 0 Å². The van der Waals surface area contributed by atoms with Crippen LogP contribution < -0.4 is 0 Å². The Morgan fingerprint density at radius 3 is 1.38 bits per heavy atom. The predicted octanol–water partition coefficient (Wildman–Crippen LogP) is 0.702. The summed E-state index contributed by atoms with van der Waals surface area (Å²) in [5.41, 5.74) is 0. The number of carboxylic acid groups (broad SMARTS) is 4. The standard InChI is InChI=1S/C12H17FO8/c1-5(13)2-6(7(11(18)19)3-9(14)15)8(12(20)21)4-10(16)17/h5-8H,2-4H2,1H3,(H,14,15)(H,16,17)(H,18,19)(H,20,21). The molecule has 0 aliphatic carbocycles. The van der Waals surface area contributed by atoms with Crippen LogP contribution in [0, 0.1) is 17.8 Å². The summed E-state index contributed by atoms with van der Waals surface area (Å²) in [4.78, 5) is 43.7. The maximum Gasteiger partial charge on any atom is 0.307 e. The number of carboxylic acids is 4. The Morgan fingerprint density at radius 1 is 0.857 bits per heavy atom. The second-order valence-corrected chi connectivity index (χ2v) is 4.77. The predicted molar refractivity (Wildman–Crippen MR) is 65.4 cm³/mol. The molecule has 8 nitrogen and oxygen atoms in total. The van der Waals surface area contributed by atoms with Gasteiger partial charge in [0.2, 0.25) is 0 Å². The number of hydrogen-bond donors (Lipinski definition) is 4. The molecular formula is C12H17FO8. The molecule has 0 saturated carbocycles. The number of carbonyl (C=O) groups is 4. The maximum absolute atomic E-state index is 13.2. The van der Waals surface area contributed by atoms with Gasteiger partial charge in [0, 0.05) is 0 Å². The lowest BCUT2D eigenvalue weighted by Crippen LogP contribution is -2.37. The summed E-state index contributed by atoms with van der Waals surface area (Å²) in [7, 11) is 0. The van der Waals surface area contributed by atoms with Crippen molar-refractivity contribution in [2.45, 2.75) is 32.4 Å². The van der Waals surface area contributed by atoms with Gasteiger partial charge in [-0.3, -0.25) is 19.2 Å². The van der Waals surface area contributed by atoms with E-state index in [-0.39, 0.29) is 0 Å². The van der Waals surface area contributed by atoms with E-state index in [0.29, 0.717) is 0 Å². The van der Waals surface area contributed by atoms with E-state index < -0.39 is 67.1 Å². The summed E-state index contributed by atoms with van der Waals surface area (Å²) in [6.45, 7) is 1.06. The van der Waals surface area contributed by atoms with Gasteiger partial charge in [-0.05, 0) is 19.3 Å². The van der Waals surface area contributed by atoms with E-state index in [9.17, 15) is 23.6 Å². The lowest BCUT2D eigenvalue weighted by molar-refractivity contribution is -0.158. The van der Waals surface area contributed by atoms with E-state index in [1.807, 2.05) is 0 Å². The van der Waals surface area contributed by atoms with Crippen LogP contribution in [0.2, 0.25) is 0 Å². The minimum atomic E-state index is -1.68. The van der Waals surface area contributed by atoms with Crippen LogP contribution in [0.5, 0.6) is 0 Å². The topological polar surface area (TPSA) is 149 Å². The smallest absolute Gasteiger partial charge is 0.307 e. The first kappa shape index (κ1) is 18.8. The fraction of sp³-hybridized carbons (Fsp3) is 0.667. The van der Waals surface area contributed by atoms with Crippen LogP contribution in [0.1, 0.15) is 26.2 Å². The van der Waals surface area contributed by atoms with Crippen molar-refractivity contribution in [3.8, 4) is 0 Å². The van der Waals surface area contributed by atoms with E-state index in [4.69, 9.17) is 20.4 Å². The Kier molecular flexibility index (Phi) is 7.32. The van der Waals surface area contributed by atoms with Crippen molar-refractivity contribution in [2.24, 2.45) is 17.8 Å². The van der Waals surface area contributed by atoms with Crippen molar-refractivity contribution < 1.29 is 44.0 Å². The molecule has 9 heteroatoms. The molecule has 120 valence electrons. The number of halogens is 1. The lowest BCUT2D eigenvalue weighted by atomic mass is 9.75. The van der Waals surface area contributed by atoms with Gasteiger partial charge in [-0.1, -0.05) is 0 Å². The van der Waals surface area contributed by atoms with E-state index in [1.165, 1.54) is 0 Å². The lowest BCUT2D eigenvalue weighted by Gasteiger charge is -2.28. The Labute approximate surface area is 119 Å². The van der Waals surface area contributed by atoms with Gasteiger partial charge in [0.1, 0.15) is 0 Å². The third-order valence-corrected chi connectivity index (χ3v) is 3.05. The quantitative estimate of drug-likeness (QED) is 0.460. The molecule has 0 aromatic heterocycles. The van der Waals surface area contributed by atoms with Crippen molar-refractivity contribution in [3.63, 3.8) is 0 Å². The summed E-state index contributed by atoms with van der Waals surface area (Å²) in [5.74, 6) is -11.0. The first-order valence-electron chi connectivity index (χ1n) is 6.09. The molecule has 3 unspecified atom stereocenters. The van der Waals surface area contributed by atoms with Gasteiger partial charge in [-0.15, -0.1) is 0 Å². The Morgan fingerprint density at radius 2 is 1.19 bits per heavy atom. The van der Waals surface area contributed by atoms with E-state index in [2.05, 4.69) is 0 Å². The normalized spacial score (nSPS) is 16.5. The zero-order valence-electron chi connectivity index (χ0n) is 11.2. The van der Waals surface area contributed by atoms with Gasteiger partial charge >= 0.3 is 23.9 Å². The first-order valence-corrected chi connectivity index (χ1v) is 6.09. The second kappa shape index (κ2) is 8.18. The van der Waals surface area contributed by atoms with Crippen LogP contribution in [-0.4, -0.2) is 50.5 Å². The Bertz CT molecular complexity index is 385. The molecule has 0 amide bonds. The molecule has 0 aromatic carbocycles. The Hall–Kier alpha value is -2.19. The minimum absolute atomic E-state index is 0.547. The maximum atomic E-state index is 13.2. The third kappa shape index (κ3) is 6.68. The summed E-state index contributed by atoms with van der Waals surface area (Å²) in [6.07, 6.45) is -3.96. The van der Waals surface area contributed by atoms with E-state index >= 15 is 0 Å². The minimum Gasteiger partial charge on any atom is -0.481 e. The molecular weight excluding hydrogens is 291 g/mol. The molecule has 4 N–H and O–H groups in total. The van der Waals surface area contributed by atoms with Crippen molar-refractivity contribution in [2.75, 3.05) is 0 Å². The van der Waals surface area contributed by atoms with Gasteiger partial charge < -0.3 is 20.4 Å². The van der Waals surface area contributed by atoms with Crippen LogP contribution in [0.25, 0.3) is 0 Å². The van der Waals surface area contributed by atoms with Gasteiger partial charge in [-0.25, -0.2) is 4.39 Å². The van der Waals surface area contributed by atoms with Crippen LogP contribution in [0.15, 0.2) is 0 Å². The summed E-state index contributed by atoms with van der Waals surface area (Å²) < 4.78 is 13.2. The molecule has 0 aliphatic heterocycles. The molecule has 0 radical (unpaired) electrons. The third-order valence-electron chi connectivity index (χ3n) is 3.05.